The molecule has 12 heteroatoms. The highest BCUT2D eigenvalue weighted by Crippen LogP contribution is 2.54. The second-order valence-electron chi connectivity index (χ2n) is 13.6. The van der Waals surface area contributed by atoms with E-state index in [4.69, 9.17) is 13.9 Å². The minimum atomic E-state index is -1.86. The van der Waals surface area contributed by atoms with Crippen molar-refractivity contribution in [3.05, 3.63) is 72.0 Å². The van der Waals surface area contributed by atoms with Crippen LogP contribution in [0.2, 0.25) is 0 Å². The molecule has 2 saturated heterocycles. The molecule has 0 aromatic carbocycles. The lowest BCUT2D eigenvalue weighted by atomic mass is 9.65. The average Bonchev–Trinajstić information content (AvgIpc) is 3.55. The third kappa shape index (κ3) is 7.82. The van der Waals surface area contributed by atoms with Crippen LogP contribution in [-0.2, 0) is 23.9 Å². The number of ether oxygens (including phenoxy) is 2. The normalized spacial score (nSPS) is 27.4. The van der Waals surface area contributed by atoms with Gasteiger partial charge in [0.15, 0.2) is 5.89 Å². The van der Waals surface area contributed by atoms with E-state index in [0.717, 1.165) is 0 Å². The fourth-order valence-electron chi connectivity index (χ4n) is 6.74. The molecule has 4 N–H and O–H groups in total. The van der Waals surface area contributed by atoms with Gasteiger partial charge >= 0.3 is 5.97 Å². The van der Waals surface area contributed by atoms with Crippen LogP contribution in [0.5, 0.6) is 0 Å². The highest BCUT2D eigenvalue weighted by atomic mass is 16.6. The van der Waals surface area contributed by atoms with Crippen LogP contribution in [0.3, 0.4) is 0 Å². The number of rotatable bonds is 16. The van der Waals surface area contributed by atoms with Gasteiger partial charge < -0.3 is 39.4 Å². The lowest BCUT2D eigenvalue weighted by Gasteiger charge is -2.55. The van der Waals surface area contributed by atoms with Gasteiger partial charge in [0.1, 0.15) is 17.5 Å². The zero-order chi connectivity index (χ0) is 36.7. The van der Waals surface area contributed by atoms with Crippen LogP contribution in [0.25, 0.3) is 6.08 Å². The Kier molecular flexibility index (Phi) is 13.1. The number of allylic oxidation sites excluding steroid dienone is 6. The highest BCUT2D eigenvalue weighted by Gasteiger charge is 2.80. The van der Waals surface area contributed by atoms with E-state index in [1.54, 1.807) is 85.0 Å². The molecule has 1 aromatic heterocycles. The molecule has 2 aliphatic rings. The topological polar surface area (TPSA) is 172 Å². The molecule has 3 heterocycles. The number of esters is 1. The molecule has 0 radical (unpaired) electrons. The molecule has 0 bridgehead atoms. The number of nitrogens with zero attached hydrogens (tertiary/aromatic N) is 2. The minimum Gasteiger partial charge on any atom is -0.457 e. The van der Waals surface area contributed by atoms with E-state index < -0.39 is 58.8 Å². The summed E-state index contributed by atoms with van der Waals surface area (Å²) in [5, 5.41) is 36.5. The number of nitrogens with one attached hydrogen (secondary N) is 1. The maximum atomic E-state index is 12.9. The van der Waals surface area contributed by atoms with Crippen molar-refractivity contribution in [3.8, 4) is 0 Å². The summed E-state index contributed by atoms with van der Waals surface area (Å²) in [7, 11) is 2.89. The van der Waals surface area contributed by atoms with Gasteiger partial charge in [0.2, 0.25) is 17.4 Å². The number of aryl methyl sites for hydroxylation is 1. The summed E-state index contributed by atoms with van der Waals surface area (Å²) in [6, 6.07) is 0. The Labute approximate surface area is 289 Å². The number of likely N-dealkylation sites (N-methyl/N-ethyl adjacent to an activating group) is 1. The second-order valence-corrected chi connectivity index (χ2v) is 13.6. The highest BCUT2D eigenvalue weighted by molar-refractivity contribution is 5.99. The van der Waals surface area contributed by atoms with Crippen LogP contribution in [0.15, 0.2) is 64.8 Å². The number of aromatic nitrogens is 1. The number of hydrogen-bond donors (Lipinski definition) is 4. The Balaban J connectivity index is 1.49. The number of methoxy groups -OCH3 is 1. The lowest BCUT2D eigenvalue weighted by molar-refractivity contribution is -0.255. The number of carbonyl (C=O) groups is 3. The summed E-state index contributed by atoms with van der Waals surface area (Å²) >= 11 is 0. The lowest BCUT2D eigenvalue weighted by Crippen LogP contribution is -2.80. The molecule has 2 fully saturated rings. The van der Waals surface area contributed by atoms with Gasteiger partial charge in [-0.2, -0.15) is 0 Å². The predicted octanol–water partition coefficient (Wildman–Crippen LogP) is 3.43. The van der Waals surface area contributed by atoms with E-state index in [2.05, 4.69) is 10.3 Å². The monoisotopic (exact) mass is 683 g/mol. The van der Waals surface area contributed by atoms with Crippen molar-refractivity contribution in [1.82, 2.24) is 15.2 Å². The zero-order valence-corrected chi connectivity index (χ0v) is 30.0. The van der Waals surface area contributed by atoms with Crippen LogP contribution in [0.1, 0.15) is 66.0 Å². The van der Waals surface area contributed by atoms with E-state index in [-0.39, 0.29) is 24.8 Å². The molecule has 0 saturated carbocycles. The molecule has 3 rings (SSSR count). The quantitative estimate of drug-likeness (QED) is 0.150. The number of hydrogen-bond acceptors (Lipinski definition) is 10. The summed E-state index contributed by atoms with van der Waals surface area (Å²) in [6.45, 7) is 12.1. The van der Waals surface area contributed by atoms with Crippen LogP contribution < -0.4 is 5.32 Å². The van der Waals surface area contributed by atoms with Gasteiger partial charge in [0.25, 0.3) is 0 Å². The smallest absolute Gasteiger partial charge is 0.339 e. The minimum absolute atomic E-state index is 0.160. The maximum Gasteiger partial charge on any atom is 0.339 e. The fourth-order valence-corrected chi connectivity index (χ4v) is 6.74. The van der Waals surface area contributed by atoms with Gasteiger partial charge in [0.05, 0.1) is 35.8 Å². The first-order valence-corrected chi connectivity index (χ1v) is 16.6. The first-order chi connectivity index (χ1) is 23.0. The van der Waals surface area contributed by atoms with Crippen molar-refractivity contribution in [2.45, 2.75) is 96.9 Å². The summed E-state index contributed by atoms with van der Waals surface area (Å²) in [4.78, 5) is 43.9. The molecular weight excluding hydrogens is 630 g/mol. The van der Waals surface area contributed by atoms with Crippen molar-refractivity contribution >= 4 is 23.9 Å². The average molecular weight is 684 g/mol. The maximum absolute atomic E-state index is 12.9. The SMILES string of the molecule is CO[C@H](C[C@H](C)[C@@H](O)C=CC=CCNC(=O)C(C)(C)[C@@H](O)C(C)=CC=CCC=Cc1cnc(C)o1)[C@]1(O)[C@@H](C)C(=O)N(C)[C@@]12C(=O)O[C@H]2C. The molecule has 2 amide bonds. The Morgan fingerprint density at radius 1 is 1.18 bits per heavy atom. The van der Waals surface area contributed by atoms with Crippen LogP contribution in [0.4, 0.5) is 0 Å². The number of amides is 2. The Bertz CT molecular complexity index is 1490. The fraction of sp³-hybridized carbons (Fsp3) is 0.568. The van der Waals surface area contributed by atoms with Gasteiger partial charge in [-0.05, 0) is 58.1 Å². The van der Waals surface area contributed by atoms with Gasteiger partial charge in [-0.1, -0.05) is 62.5 Å². The van der Waals surface area contributed by atoms with E-state index >= 15 is 0 Å². The van der Waals surface area contributed by atoms with Crippen molar-refractivity contribution in [1.29, 1.82) is 0 Å². The van der Waals surface area contributed by atoms with E-state index in [1.807, 2.05) is 24.3 Å². The standard InChI is InChI=1S/C37H53N3O9/c1-23(17-13-10-11-14-18-28-22-39-27(5)49-28)31(42)35(6,7)33(44)38-20-16-12-15-19-29(41)24(2)21-30(47-9)37(46)25(3)32(43)40(8)36(37)26(4)48-34(36)45/h10,12-19,22,24-26,29-31,41-42,46H,11,20-21H2,1-9H3,(H,38,44)/t24-,25-,26-,29-,30+,31-,36-,37+/m0/s1. The molecule has 1 aromatic rings. The first kappa shape index (κ1) is 39.6. The number of oxazole rings is 1. The van der Waals surface area contributed by atoms with Crippen molar-refractivity contribution in [2.24, 2.45) is 17.3 Å². The van der Waals surface area contributed by atoms with Gasteiger partial charge in [-0.25, -0.2) is 9.78 Å². The molecule has 270 valence electrons. The van der Waals surface area contributed by atoms with Crippen LogP contribution >= 0.6 is 0 Å². The molecule has 1 spiro atoms. The van der Waals surface area contributed by atoms with Gasteiger partial charge in [-0.3, -0.25) is 9.59 Å². The van der Waals surface area contributed by atoms with Crippen molar-refractivity contribution < 1.29 is 43.6 Å². The molecule has 8 atom stereocenters. The van der Waals surface area contributed by atoms with Gasteiger partial charge in [0, 0.05) is 27.6 Å². The number of likely N-dealkylation sites (tertiary alicyclic amines) is 1. The number of carbonyl (C=O) groups excluding carboxylic acids is 3. The van der Waals surface area contributed by atoms with E-state index in [0.29, 0.717) is 23.6 Å². The zero-order valence-electron chi connectivity index (χ0n) is 30.0. The Morgan fingerprint density at radius 2 is 1.88 bits per heavy atom. The summed E-state index contributed by atoms with van der Waals surface area (Å²) in [6.07, 6.45) is 14.8. The third-order valence-corrected chi connectivity index (χ3v) is 9.95. The first-order valence-electron chi connectivity index (χ1n) is 16.6. The summed E-state index contributed by atoms with van der Waals surface area (Å²) in [5.74, 6) is -1.42. The molecule has 49 heavy (non-hydrogen) atoms. The molecular formula is C37H53N3O9. The number of aliphatic hydroxyl groups excluding tert-OH is 2. The number of cyclic esters (lactones) is 1. The van der Waals surface area contributed by atoms with E-state index in [9.17, 15) is 29.7 Å². The van der Waals surface area contributed by atoms with Crippen molar-refractivity contribution in [3.63, 3.8) is 0 Å². The summed E-state index contributed by atoms with van der Waals surface area (Å²) < 4.78 is 16.3. The van der Waals surface area contributed by atoms with Crippen molar-refractivity contribution in [2.75, 3.05) is 20.7 Å². The molecule has 2 aliphatic heterocycles. The predicted molar refractivity (Wildman–Crippen MR) is 185 cm³/mol. The Hall–Kier alpha value is -3.84. The molecule has 0 aliphatic carbocycles. The van der Waals surface area contributed by atoms with Crippen LogP contribution in [0, 0.1) is 24.2 Å². The largest absolute Gasteiger partial charge is 0.457 e. The Morgan fingerprint density at radius 3 is 2.47 bits per heavy atom. The van der Waals surface area contributed by atoms with E-state index in [1.165, 1.54) is 19.1 Å². The third-order valence-electron chi connectivity index (χ3n) is 9.95. The molecule has 12 nitrogen and oxygen atoms in total. The molecule has 0 unspecified atom stereocenters. The number of aliphatic hydroxyl groups is 3. The van der Waals surface area contributed by atoms with Gasteiger partial charge in [-0.15, -0.1) is 0 Å². The second kappa shape index (κ2) is 16.2. The summed E-state index contributed by atoms with van der Waals surface area (Å²) in [5.41, 5.74) is -3.86. The van der Waals surface area contributed by atoms with Crippen LogP contribution in [-0.4, -0.2) is 99.2 Å².